The highest BCUT2D eigenvalue weighted by molar-refractivity contribution is 5.36. The highest BCUT2D eigenvalue weighted by atomic mass is 15.1. The molecule has 1 aromatic rings. The van der Waals surface area contributed by atoms with E-state index in [1.165, 1.54) is 0 Å². The van der Waals surface area contributed by atoms with Crippen molar-refractivity contribution >= 4 is 5.82 Å². The number of nitriles is 1. The second-order valence-electron chi connectivity index (χ2n) is 4.52. The minimum absolute atomic E-state index is 0.485. The van der Waals surface area contributed by atoms with Gasteiger partial charge in [-0.25, -0.2) is 4.98 Å². The number of nitrogens with zero attached hydrogens (tertiary/aromatic N) is 3. The number of nitrogens with one attached hydrogen (secondary N) is 1. The lowest BCUT2D eigenvalue weighted by Gasteiger charge is -2.30. The maximum Gasteiger partial charge on any atom is 0.126 e. The predicted octanol–water partition coefficient (Wildman–Crippen LogP) is 1.79. The van der Waals surface area contributed by atoms with Gasteiger partial charge in [0.2, 0.25) is 0 Å². The lowest BCUT2D eigenvalue weighted by Crippen LogP contribution is -2.39. The van der Waals surface area contributed by atoms with Gasteiger partial charge in [0.25, 0.3) is 0 Å². The predicted molar refractivity (Wildman–Crippen MR) is 67.7 cm³/mol. The summed E-state index contributed by atoms with van der Waals surface area (Å²) in [4.78, 5) is 6.64. The van der Waals surface area contributed by atoms with Crippen LogP contribution in [0.5, 0.6) is 0 Å². The fraction of sp³-hybridized carbons (Fsp3) is 0.538. The van der Waals surface area contributed by atoms with Crippen molar-refractivity contribution in [3.8, 4) is 6.07 Å². The molecule has 0 bridgehead atoms. The number of rotatable bonds is 3. The van der Waals surface area contributed by atoms with Crippen LogP contribution in [-0.2, 0) is 0 Å². The average Bonchev–Trinajstić information content (AvgIpc) is 2.32. The maximum absolute atomic E-state index is 8.63. The summed E-state index contributed by atoms with van der Waals surface area (Å²) in [5.74, 6) is 0.962. The molecule has 0 atom stereocenters. The van der Waals surface area contributed by atoms with Crippen molar-refractivity contribution in [1.29, 1.82) is 5.26 Å². The first-order valence-corrected chi connectivity index (χ1v) is 6.07. The Morgan fingerprint density at radius 1 is 1.47 bits per heavy atom. The van der Waals surface area contributed by atoms with Crippen LogP contribution < -0.4 is 5.32 Å². The number of hydrogen-bond donors (Lipinski definition) is 1. The Morgan fingerprint density at radius 2 is 2.24 bits per heavy atom. The molecule has 0 radical (unpaired) electrons. The molecular weight excluding hydrogens is 212 g/mol. The number of pyridine rings is 1. The summed E-state index contributed by atoms with van der Waals surface area (Å²) in [7, 11) is 0. The molecule has 0 amide bonds. The minimum Gasteiger partial charge on any atom is -0.367 e. The summed E-state index contributed by atoms with van der Waals surface area (Å²) in [6.45, 7) is 4.55. The zero-order valence-corrected chi connectivity index (χ0v) is 10.2. The molecule has 17 heavy (non-hydrogen) atoms. The highest BCUT2D eigenvalue weighted by Crippen LogP contribution is 2.15. The number of aryl methyl sites for hydroxylation is 1. The zero-order valence-electron chi connectivity index (χ0n) is 10.2. The standard InChI is InChI=1S/C13H18N4/c1-11-3-2-4-13(15-11)16-12-5-8-17(9-6-12)10-7-14/h2-4,12H,5-6,8-10H2,1H3,(H,15,16). The van der Waals surface area contributed by atoms with Crippen molar-refractivity contribution in [3.05, 3.63) is 23.9 Å². The van der Waals surface area contributed by atoms with Gasteiger partial charge in [-0.1, -0.05) is 6.07 Å². The molecule has 90 valence electrons. The molecule has 0 aromatic carbocycles. The normalized spacial score (nSPS) is 17.6. The first-order valence-electron chi connectivity index (χ1n) is 6.07. The van der Waals surface area contributed by atoms with E-state index in [0.717, 1.165) is 37.4 Å². The van der Waals surface area contributed by atoms with Gasteiger partial charge in [-0.3, -0.25) is 4.90 Å². The third-order valence-corrected chi connectivity index (χ3v) is 3.12. The van der Waals surface area contributed by atoms with E-state index in [0.29, 0.717) is 12.6 Å². The van der Waals surface area contributed by atoms with Crippen LogP contribution in [0.2, 0.25) is 0 Å². The van der Waals surface area contributed by atoms with Crippen molar-refractivity contribution in [3.63, 3.8) is 0 Å². The Kier molecular flexibility index (Phi) is 3.94. The van der Waals surface area contributed by atoms with Crippen molar-refractivity contribution < 1.29 is 0 Å². The van der Waals surface area contributed by atoms with Crippen LogP contribution in [-0.4, -0.2) is 35.6 Å². The highest BCUT2D eigenvalue weighted by Gasteiger charge is 2.18. The maximum atomic E-state index is 8.63. The van der Waals surface area contributed by atoms with Crippen LogP contribution in [0.1, 0.15) is 18.5 Å². The summed E-state index contributed by atoms with van der Waals surface area (Å²) < 4.78 is 0. The van der Waals surface area contributed by atoms with Crippen LogP contribution >= 0.6 is 0 Å². The Morgan fingerprint density at radius 3 is 2.88 bits per heavy atom. The molecule has 1 aliphatic heterocycles. The van der Waals surface area contributed by atoms with Crippen molar-refractivity contribution in [2.75, 3.05) is 25.0 Å². The molecule has 1 aromatic heterocycles. The van der Waals surface area contributed by atoms with Crippen molar-refractivity contribution in [1.82, 2.24) is 9.88 Å². The van der Waals surface area contributed by atoms with E-state index in [-0.39, 0.29) is 0 Å². The lowest BCUT2D eigenvalue weighted by atomic mass is 10.1. The summed E-state index contributed by atoms with van der Waals surface area (Å²) in [5.41, 5.74) is 1.04. The Balaban J connectivity index is 1.84. The summed E-state index contributed by atoms with van der Waals surface area (Å²) in [5, 5.41) is 12.1. The molecule has 0 spiro atoms. The van der Waals surface area contributed by atoms with Crippen LogP contribution in [0.3, 0.4) is 0 Å². The number of aromatic nitrogens is 1. The van der Waals surface area contributed by atoms with Crippen molar-refractivity contribution in [2.24, 2.45) is 0 Å². The van der Waals surface area contributed by atoms with Crippen LogP contribution in [0.25, 0.3) is 0 Å². The van der Waals surface area contributed by atoms with Gasteiger partial charge >= 0.3 is 0 Å². The SMILES string of the molecule is Cc1cccc(NC2CCN(CC#N)CC2)n1. The molecule has 1 fully saturated rings. The second-order valence-corrected chi connectivity index (χ2v) is 4.52. The third kappa shape index (κ3) is 3.43. The molecule has 2 heterocycles. The molecule has 2 rings (SSSR count). The first kappa shape index (κ1) is 11.9. The third-order valence-electron chi connectivity index (χ3n) is 3.12. The Bertz CT molecular complexity index is 402. The van der Waals surface area contributed by atoms with E-state index in [9.17, 15) is 0 Å². The number of piperidine rings is 1. The fourth-order valence-corrected chi connectivity index (χ4v) is 2.17. The van der Waals surface area contributed by atoms with Gasteiger partial charge in [0.1, 0.15) is 5.82 Å². The van der Waals surface area contributed by atoms with Crippen LogP contribution in [0.4, 0.5) is 5.82 Å². The number of likely N-dealkylation sites (tertiary alicyclic amines) is 1. The van der Waals surface area contributed by atoms with E-state index < -0.39 is 0 Å². The second kappa shape index (κ2) is 5.65. The number of hydrogen-bond acceptors (Lipinski definition) is 4. The van der Waals surface area contributed by atoms with Gasteiger partial charge in [-0.05, 0) is 31.9 Å². The molecule has 0 saturated carbocycles. The van der Waals surface area contributed by atoms with E-state index in [4.69, 9.17) is 5.26 Å². The topological polar surface area (TPSA) is 52.0 Å². The van der Waals surface area contributed by atoms with Gasteiger partial charge in [0, 0.05) is 24.8 Å². The minimum atomic E-state index is 0.485. The molecular formula is C13H18N4. The molecule has 4 heteroatoms. The van der Waals surface area contributed by atoms with Gasteiger partial charge in [-0.15, -0.1) is 0 Å². The monoisotopic (exact) mass is 230 g/mol. The van der Waals surface area contributed by atoms with Gasteiger partial charge in [0.15, 0.2) is 0 Å². The smallest absolute Gasteiger partial charge is 0.126 e. The largest absolute Gasteiger partial charge is 0.367 e. The van der Waals surface area contributed by atoms with Gasteiger partial charge in [-0.2, -0.15) is 5.26 Å². The van der Waals surface area contributed by atoms with Crippen LogP contribution in [0, 0.1) is 18.3 Å². The molecule has 1 N–H and O–H groups in total. The van der Waals surface area contributed by atoms with Crippen LogP contribution in [0.15, 0.2) is 18.2 Å². The molecule has 0 aliphatic carbocycles. The average molecular weight is 230 g/mol. The van der Waals surface area contributed by atoms with E-state index in [1.807, 2.05) is 25.1 Å². The quantitative estimate of drug-likeness (QED) is 0.804. The van der Waals surface area contributed by atoms with Crippen molar-refractivity contribution in [2.45, 2.75) is 25.8 Å². The van der Waals surface area contributed by atoms with E-state index >= 15 is 0 Å². The van der Waals surface area contributed by atoms with Gasteiger partial charge in [0.05, 0.1) is 12.6 Å². The Labute approximate surface area is 102 Å². The number of anilines is 1. The van der Waals surface area contributed by atoms with Gasteiger partial charge < -0.3 is 5.32 Å². The summed E-state index contributed by atoms with van der Waals surface area (Å²) in [6, 6.07) is 8.72. The molecule has 1 aliphatic rings. The molecule has 4 nitrogen and oxygen atoms in total. The first-order chi connectivity index (χ1) is 8.28. The fourth-order valence-electron chi connectivity index (χ4n) is 2.17. The van der Waals surface area contributed by atoms with E-state index in [1.54, 1.807) is 0 Å². The molecule has 0 unspecified atom stereocenters. The summed E-state index contributed by atoms with van der Waals surface area (Å²) >= 11 is 0. The van der Waals surface area contributed by atoms with E-state index in [2.05, 4.69) is 21.3 Å². The molecule has 1 saturated heterocycles. The zero-order chi connectivity index (χ0) is 12.1. The lowest BCUT2D eigenvalue weighted by molar-refractivity contribution is 0.242. The Hall–Kier alpha value is -1.60. The summed E-state index contributed by atoms with van der Waals surface area (Å²) in [6.07, 6.45) is 2.16.